The largest absolute Gasteiger partial charge is 0.310 e. The zero-order chi connectivity index (χ0) is 16.8. The second-order valence-corrected chi connectivity index (χ2v) is 5.95. The molecule has 0 saturated carbocycles. The summed E-state index contributed by atoms with van der Waals surface area (Å²) in [6.07, 6.45) is 4.49. The summed E-state index contributed by atoms with van der Waals surface area (Å²) in [6.45, 7) is 7.17. The second-order valence-electron chi connectivity index (χ2n) is 5.95. The van der Waals surface area contributed by atoms with Crippen LogP contribution in [0.15, 0.2) is 30.6 Å². The van der Waals surface area contributed by atoms with Gasteiger partial charge in [0.15, 0.2) is 0 Å². The quantitative estimate of drug-likeness (QED) is 0.853. The highest BCUT2D eigenvalue weighted by atomic mass is 16.2. The molecule has 1 N–H and O–H groups in total. The monoisotopic (exact) mass is 315 g/mol. The molecule has 1 unspecified atom stereocenters. The highest BCUT2D eigenvalue weighted by Crippen LogP contribution is 2.18. The molecule has 1 atom stereocenters. The number of hydrogen-bond donors (Lipinski definition) is 1. The standard InChI is InChI=1S/C17H25N5O/c1-5-14(3)22-16(10-13(2)20-22)19-17(23)12-21(4)11-15-6-8-18-9-7-15/h6-10,14H,5,11-12H2,1-4H3,(H,19,23). The Morgan fingerprint density at radius 1 is 1.39 bits per heavy atom. The van der Waals surface area contributed by atoms with Crippen LogP contribution < -0.4 is 5.32 Å². The van der Waals surface area contributed by atoms with Gasteiger partial charge >= 0.3 is 0 Å². The Morgan fingerprint density at radius 3 is 2.74 bits per heavy atom. The summed E-state index contributed by atoms with van der Waals surface area (Å²) in [5.41, 5.74) is 2.04. The van der Waals surface area contributed by atoms with E-state index in [9.17, 15) is 4.79 Å². The lowest BCUT2D eigenvalue weighted by Gasteiger charge is -2.18. The van der Waals surface area contributed by atoms with Gasteiger partial charge < -0.3 is 5.32 Å². The van der Waals surface area contributed by atoms with Crippen molar-refractivity contribution < 1.29 is 4.79 Å². The van der Waals surface area contributed by atoms with Crippen molar-refractivity contribution in [2.24, 2.45) is 0 Å². The number of aromatic nitrogens is 3. The van der Waals surface area contributed by atoms with Gasteiger partial charge in [0, 0.05) is 25.0 Å². The van der Waals surface area contributed by atoms with Crippen LogP contribution in [0.5, 0.6) is 0 Å². The fourth-order valence-electron chi connectivity index (χ4n) is 2.40. The van der Waals surface area contributed by atoms with Crippen molar-refractivity contribution >= 4 is 11.7 Å². The van der Waals surface area contributed by atoms with E-state index < -0.39 is 0 Å². The molecule has 6 nitrogen and oxygen atoms in total. The van der Waals surface area contributed by atoms with Crippen LogP contribution in [-0.4, -0.2) is 39.2 Å². The van der Waals surface area contributed by atoms with Gasteiger partial charge in [-0.3, -0.25) is 14.7 Å². The average molecular weight is 315 g/mol. The van der Waals surface area contributed by atoms with E-state index >= 15 is 0 Å². The molecule has 124 valence electrons. The number of nitrogens with one attached hydrogen (secondary N) is 1. The van der Waals surface area contributed by atoms with E-state index in [1.165, 1.54) is 0 Å². The molecular formula is C17H25N5O. The molecule has 0 aromatic carbocycles. The zero-order valence-electron chi connectivity index (χ0n) is 14.3. The summed E-state index contributed by atoms with van der Waals surface area (Å²) < 4.78 is 1.89. The van der Waals surface area contributed by atoms with E-state index in [4.69, 9.17) is 0 Å². The molecule has 23 heavy (non-hydrogen) atoms. The van der Waals surface area contributed by atoms with Gasteiger partial charge in [0.2, 0.25) is 5.91 Å². The predicted octanol–water partition coefficient (Wildman–Crippen LogP) is 2.63. The minimum absolute atomic E-state index is 0.0361. The minimum Gasteiger partial charge on any atom is -0.310 e. The number of carbonyl (C=O) groups excluding carboxylic acids is 1. The number of rotatable bonds is 7. The van der Waals surface area contributed by atoms with E-state index in [1.807, 2.05) is 41.8 Å². The number of hydrogen-bond acceptors (Lipinski definition) is 4. The van der Waals surface area contributed by atoms with Gasteiger partial charge in [0.05, 0.1) is 18.3 Å². The molecule has 0 fully saturated rings. The molecule has 0 bridgehead atoms. The molecule has 0 radical (unpaired) electrons. The SMILES string of the molecule is CCC(C)n1nc(C)cc1NC(=O)CN(C)Cc1ccncc1. The third kappa shape index (κ3) is 4.89. The number of likely N-dealkylation sites (N-methyl/N-ethyl adjacent to an activating group) is 1. The van der Waals surface area contributed by atoms with E-state index in [2.05, 4.69) is 29.2 Å². The predicted molar refractivity (Wildman–Crippen MR) is 91.2 cm³/mol. The van der Waals surface area contributed by atoms with E-state index in [-0.39, 0.29) is 11.9 Å². The van der Waals surface area contributed by atoms with E-state index in [0.717, 1.165) is 23.5 Å². The van der Waals surface area contributed by atoms with Gasteiger partial charge in [-0.15, -0.1) is 0 Å². The van der Waals surface area contributed by atoms with Gasteiger partial charge in [-0.25, -0.2) is 4.68 Å². The molecule has 0 aliphatic heterocycles. The van der Waals surface area contributed by atoms with Crippen molar-refractivity contribution in [3.63, 3.8) is 0 Å². The molecule has 0 spiro atoms. The van der Waals surface area contributed by atoms with E-state index in [1.54, 1.807) is 12.4 Å². The number of pyridine rings is 1. The normalized spacial score (nSPS) is 12.4. The highest BCUT2D eigenvalue weighted by molar-refractivity contribution is 5.91. The van der Waals surface area contributed by atoms with Crippen LogP contribution >= 0.6 is 0 Å². The summed E-state index contributed by atoms with van der Waals surface area (Å²) in [5, 5.41) is 7.43. The van der Waals surface area contributed by atoms with Gasteiger partial charge in [0.25, 0.3) is 0 Å². The molecule has 2 heterocycles. The van der Waals surface area contributed by atoms with E-state index in [0.29, 0.717) is 13.1 Å². The van der Waals surface area contributed by atoms with Gasteiger partial charge in [-0.1, -0.05) is 6.92 Å². The van der Waals surface area contributed by atoms with Crippen molar-refractivity contribution in [2.75, 3.05) is 18.9 Å². The first-order valence-corrected chi connectivity index (χ1v) is 7.93. The molecule has 1 amide bonds. The first kappa shape index (κ1) is 17.1. The summed E-state index contributed by atoms with van der Waals surface area (Å²) in [6, 6.07) is 6.08. The van der Waals surface area contributed by atoms with Crippen LogP contribution in [-0.2, 0) is 11.3 Å². The number of carbonyl (C=O) groups is 1. The zero-order valence-corrected chi connectivity index (χ0v) is 14.3. The maximum atomic E-state index is 12.3. The molecule has 0 aliphatic carbocycles. The third-order valence-electron chi connectivity index (χ3n) is 3.75. The fourth-order valence-corrected chi connectivity index (χ4v) is 2.40. The Balaban J connectivity index is 1.94. The maximum absolute atomic E-state index is 12.3. The Morgan fingerprint density at radius 2 is 2.09 bits per heavy atom. The highest BCUT2D eigenvalue weighted by Gasteiger charge is 2.14. The van der Waals surface area contributed by atoms with Crippen LogP contribution in [0, 0.1) is 6.92 Å². The second kappa shape index (κ2) is 7.87. The van der Waals surface area contributed by atoms with Crippen LogP contribution in [0.4, 0.5) is 5.82 Å². The average Bonchev–Trinajstić information content (AvgIpc) is 2.87. The summed E-state index contributed by atoms with van der Waals surface area (Å²) in [7, 11) is 1.93. The Kier molecular flexibility index (Phi) is 5.87. The summed E-state index contributed by atoms with van der Waals surface area (Å²) in [4.78, 5) is 18.3. The summed E-state index contributed by atoms with van der Waals surface area (Å²) >= 11 is 0. The van der Waals surface area contributed by atoms with Crippen molar-refractivity contribution in [2.45, 2.75) is 39.8 Å². The molecule has 2 aromatic heterocycles. The molecule has 0 aliphatic rings. The lowest BCUT2D eigenvalue weighted by atomic mass is 10.2. The van der Waals surface area contributed by atoms with Crippen molar-refractivity contribution in [1.29, 1.82) is 0 Å². The molecular weight excluding hydrogens is 290 g/mol. The topological polar surface area (TPSA) is 63.1 Å². The number of anilines is 1. The van der Waals surface area contributed by atoms with Crippen molar-refractivity contribution in [1.82, 2.24) is 19.7 Å². The smallest absolute Gasteiger partial charge is 0.239 e. The Labute approximate surface area is 137 Å². The van der Waals surface area contributed by atoms with Gasteiger partial charge in [-0.2, -0.15) is 5.10 Å². The molecule has 0 saturated heterocycles. The number of aryl methyl sites for hydroxylation is 1. The number of nitrogens with zero attached hydrogens (tertiary/aromatic N) is 4. The Hall–Kier alpha value is -2.21. The minimum atomic E-state index is -0.0361. The third-order valence-corrected chi connectivity index (χ3v) is 3.75. The lowest BCUT2D eigenvalue weighted by molar-refractivity contribution is -0.117. The van der Waals surface area contributed by atoms with Crippen LogP contribution in [0.25, 0.3) is 0 Å². The molecule has 2 aromatic rings. The summed E-state index contributed by atoms with van der Waals surface area (Å²) in [5.74, 6) is 0.727. The fraction of sp³-hybridized carbons (Fsp3) is 0.471. The maximum Gasteiger partial charge on any atom is 0.239 e. The van der Waals surface area contributed by atoms with Gasteiger partial charge in [0.1, 0.15) is 5.82 Å². The van der Waals surface area contributed by atoms with Gasteiger partial charge in [-0.05, 0) is 45.0 Å². The van der Waals surface area contributed by atoms with Crippen molar-refractivity contribution in [3.05, 3.63) is 41.9 Å². The molecule has 2 rings (SSSR count). The van der Waals surface area contributed by atoms with Crippen molar-refractivity contribution in [3.8, 4) is 0 Å². The lowest BCUT2D eigenvalue weighted by Crippen LogP contribution is -2.30. The number of amides is 1. The molecule has 6 heteroatoms. The van der Waals surface area contributed by atoms with Crippen LogP contribution in [0.2, 0.25) is 0 Å². The first-order chi connectivity index (χ1) is 11.0. The van der Waals surface area contributed by atoms with Crippen LogP contribution in [0.3, 0.4) is 0 Å². The first-order valence-electron chi connectivity index (χ1n) is 7.93. The van der Waals surface area contributed by atoms with Crippen LogP contribution in [0.1, 0.15) is 37.6 Å². The Bertz CT molecular complexity index is 638.